The van der Waals surface area contributed by atoms with Crippen LogP contribution in [0.3, 0.4) is 0 Å². The van der Waals surface area contributed by atoms with E-state index in [1.165, 1.54) is 17.5 Å². The first-order chi connectivity index (χ1) is 9.47. The number of thiazole rings is 1. The zero-order valence-corrected chi connectivity index (χ0v) is 11.4. The fraction of sp³-hybridized carbons (Fsp3) is 0.100. The van der Waals surface area contributed by atoms with E-state index in [0.29, 0.717) is 21.8 Å². The Bertz CT molecular complexity index is 610. The second-order valence-corrected chi connectivity index (χ2v) is 5.38. The molecule has 0 atom stereocenters. The first-order valence-electron chi connectivity index (χ1n) is 5.15. The minimum atomic E-state index is -1.30. The lowest BCUT2D eigenvalue weighted by molar-refractivity contribution is -0.140. The molecule has 1 fully saturated rings. The van der Waals surface area contributed by atoms with Crippen molar-refractivity contribution in [2.75, 3.05) is 11.9 Å². The van der Waals surface area contributed by atoms with Gasteiger partial charge in [0.2, 0.25) is 0 Å². The third kappa shape index (κ3) is 3.22. The Morgan fingerprint density at radius 1 is 1.45 bits per heavy atom. The fourth-order valence-electron chi connectivity index (χ4n) is 1.32. The van der Waals surface area contributed by atoms with Gasteiger partial charge in [0.1, 0.15) is 6.54 Å². The molecule has 2 heterocycles. The topological polar surface area (TPSA) is 117 Å². The first-order valence-corrected chi connectivity index (χ1v) is 6.84. The van der Waals surface area contributed by atoms with E-state index in [1.54, 1.807) is 5.38 Å². The number of carboxylic acids is 1. The molecule has 1 saturated heterocycles. The molecule has 10 heteroatoms. The number of anilines is 1. The molecule has 1 aliphatic heterocycles. The molecule has 0 radical (unpaired) electrons. The highest BCUT2D eigenvalue weighted by Crippen LogP contribution is 2.30. The Kier molecular flexibility index (Phi) is 4.15. The number of nitrogens with zero attached hydrogens (tertiary/aromatic N) is 2. The van der Waals surface area contributed by atoms with Gasteiger partial charge in [0.05, 0.1) is 4.91 Å². The first kappa shape index (κ1) is 14.2. The van der Waals surface area contributed by atoms with E-state index in [1.807, 2.05) is 0 Å². The molecule has 0 bridgehead atoms. The van der Waals surface area contributed by atoms with Crippen LogP contribution in [0.5, 0.6) is 0 Å². The van der Waals surface area contributed by atoms with Crippen molar-refractivity contribution in [3.05, 3.63) is 22.6 Å². The molecular formula is C10H7N3O5S2. The predicted molar refractivity (Wildman–Crippen MR) is 71.2 cm³/mol. The van der Waals surface area contributed by atoms with Crippen LogP contribution in [0.1, 0.15) is 0 Å². The SMILES string of the molecule is O=C(O)CN1C(=O)S/C(=C\C(=O)Nc2nccs2)C1=O. The molecule has 0 spiro atoms. The van der Waals surface area contributed by atoms with E-state index in [4.69, 9.17) is 5.11 Å². The average molecular weight is 313 g/mol. The summed E-state index contributed by atoms with van der Waals surface area (Å²) >= 11 is 1.72. The van der Waals surface area contributed by atoms with Crippen LogP contribution >= 0.6 is 23.1 Å². The van der Waals surface area contributed by atoms with Crippen molar-refractivity contribution in [2.45, 2.75) is 0 Å². The Hall–Kier alpha value is -2.20. The van der Waals surface area contributed by atoms with Crippen LogP contribution in [-0.4, -0.2) is 44.6 Å². The number of hydrogen-bond acceptors (Lipinski definition) is 7. The molecule has 1 aromatic heterocycles. The lowest BCUT2D eigenvalue weighted by Crippen LogP contribution is -2.33. The molecule has 2 rings (SSSR count). The summed E-state index contributed by atoms with van der Waals surface area (Å²) in [6, 6.07) is 0. The van der Waals surface area contributed by atoms with Crippen molar-refractivity contribution in [1.82, 2.24) is 9.88 Å². The number of rotatable bonds is 4. The van der Waals surface area contributed by atoms with E-state index in [2.05, 4.69) is 10.3 Å². The highest BCUT2D eigenvalue weighted by atomic mass is 32.2. The van der Waals surface area contributed by atoms with Crippen LogP contribution in [0, 0.1) is 0 Å². The average Bonchev–Trinajstić information content (AvgIpc) is 2.93. The number of aliphatic carboxylic acids is 1. The monoisotopic (exact) mass is 313 g/mol. The third-order valence-electron chi connectivity index (χ3n) is 2.09. The van der Waals surface area contributed by atoms with Crippen LogP contribution in [0.4, 0.5) is 9.93 Å². The van der Waals surface area contributed by atoms with Crippen molar-refractivity contribution >= 4 is 51.3 Å². The van der Waals surface area contributed by atoms with Crippen molar-refractivity contribution < 1.29 is 24.3 Å². The largest absolute Gasteiger partial charge is 0.480 e. The Balaban J connectivity index is 2.07. The maximum Gasteiger partial charge on any atom is 0.323 e. The van der Waals surface area contributed by atoms with Crippen molar-refractivity contribution in [3.8, 4) is 0 Å². The van der Waals surface area contributed by atoms with Gasteiger partial charge < -0.3 is 5.11 Å². The molecule has 0 aromatic carbocycles. The van der Waals surface area contributed by atoms with Crippen LogP contribution < -0.4 is 5.32 Å². The number of carbonyl (C=O) groups excluding carboxylic acids is 3. The van der Waals surface area contributed by atoms with E-state index < -0.39 is 29.6 Å². The highest BCUT2D eigenvalue weighted by Gasteiger charge is 2.36. The summed E-state index contributed by atoms with van der Waals surface area (Å²) in [7, 11) is 0. The van der Waals surface area contributed by atoms with Crippen LogP contribution in [0.15, 0.2) is 22.6 Å². The van der Waals surface area contributed by atoms with Crippen molar-refractivity contribution in [1.29, 1.82) is 0 Å². The summed E-state index contributed by atoms with van der Waals surface area (Å²) in [5, 5.41) is 12.3. The van der Waals surface area contributed by atoms with E-state index in [9.17, 15) is 19.2 Å². The zero-order valence-electron chi connectivity index (χ0n) is 9.73. The molecule has 1 aliphatic rings. The molecule has 3 amide bonds. The van der Waals surface area contributed by atoms with Gasteiger partial charge in [-0.25, -0.2) is 4.98 Å². The van der Waals surface area contributed by atoms with Crippen molar-refractivity contribution in [3.63, 3.8) is 0 Å². The number of carbonyl (C=O) groups is 4. The fourth-order valence-corrected chi connectivity index (χ4v) is 2.66. The molecule has 0 saturated carbocycles. The van der Waals surface area contributed by atoms with Gasteiger partial charge in [-0.3, -0.25) is 29.4 Å². The standard InChI is InChI=1S/C10H7N3O5S2/c14-6(12-9-11-1-2-19-9)3-5-8(17)13(4-7(15)16)10(18)20-5/h1-3H,4H2,(H,15,16)(H,11,12,14)/b5-3-. The van der Waals surface area contributed by atoms with Gasteiger partial charge in [0.25, 0.3) is 17.1 Å². The van der Waals surface area contributed by atoms with Gasteiger partial charge in [-0.05, 0) is 11.8 Å². The smallest absolute Gasteiger partial charge is 0.323 e. The van der Waals surface area contributed by atoms with Gasteiger partial charge in [-0.15, -0.1) is 11.3 Å². The normalized spacial score (nSPS) is 16.8. The van der Waals surface area contributed by atoms with E-state index in [0.717, 1.165) is 6.08 Å². The second-order valence-electron chi connectivity index (χ2n) is 3.49. The Morgan fingerprint density at radius 3 is 2.80 bits per heavy atom. The van der Waals surface area contributed by atoms with E-state index in [-0.39, 0.29) is 4.91 Å². The van der Waals surface area contributed by atoms with Gasteiger partial charge in [-0.2, -0.15) is 0 Å². The molecule has 1 aromatic rings. The van der Waals surface area contributed by atoms with Gasteiger partial charge in [0.15, 0.2) is 5.13 Å². The number of thioether (sulfide) groups is 1. The predicted octanol–water partition coefficient (Wildman–Crippen LogP) is 0.746. The molecule has 8 nitrogen and oxygen atoms in total. The number of amides is 3. The maximum absolute atomic E-state index is 11.7. The lowest BCUT2D eigenvalue weighted by Gasteiger charge is -2.07. The minimum Gasteiger partial charge on any atom is -0.480 e. The number of nitrogens with one attached hydrogen (secondary N) is 1. The summed E-state index contributed by atoms with van der Waals surface area (Å²) in [5.41, 5.74) is 0. The highest BCUT2D eigenvalue weighted by molar-refractivity contribution is 8.18. The van der Waals surface area contributed by atoms with Gasteiger partial charge in [0, 0.05) is 17.7 Å². The number of aromatic nitrogens is 1. The summed E-state index contributed by atoms with van der Waals surface area (Å²) in [6.45, 7) is -0.726. The lowest BCUT2D eigenvalue weighted by atomic mass is 10.4. The van der Waals surface area contributed by atoms with E-state index >= 15 is 0 Å². The zero-order chi connectivity index (χ0) is 14.7. The van der Waals surface area contributed by atoms with Crippen molar-refractivity contribution in [2.24, 2.45) is 0 Å². The summed E-state index contributed by atoms with van der Waals surface area (Å²) in [4.78, 5) is 49.6. The van der Waals surface area contributed by atoms with Gasteiger partial charge >= 0.3 is 5.97 Å². The van der Waals surface area contributed by atoms with Gasteiger partial charge in [-0.1, -0.05) is 0 Å². The molecular weight excluding hydrogens is 306 g/mol. The Morgan fingerprint density at radius 2 is 2.20 bits per heavy atom. The molecule has 2 N–H and O–H groups in total. The molecule has 0 aliphatic carbocycles. The number of hydrogen-bond donors (Lipinski definition) is 2. The molecule has 0 unspecified atom stereocenters. The third-order valence-corrected chi connectivity index (χ3v) is 3.69. The summed E-state index contributed by atoms with van der Waals surface area (Å²) in [6.07, 6.45) is 2.45. The quantitative estimate of drug-likeness (QED) is 0.787. The molecule has 20 heavy (non-hydrogen) atoms. The molecule has 104 valence electrons. The van der Waals surface area contributed by atoms with Crippen LogP contribution in [0.25, 0.3) is 0 Å². The second kappa shape index (κ2) is 5.84. The number of imide groups is 1. The number of carboxylic acid groups (broad SMARTS) is 1. The Labute approximate surface area is 120 Å². The summed E-state index contributed by atoms with van der Waals surface area (Å²) < 4.78 is 0. The minimum absolute atomic E-state index is 0.120. The maximum atomic E-state index is 11.7. The summed E-state index contributed by atoms with van der Waals surface area (Å²) in [5.74, 6) is -2.71. The van der Waals surface area contributed by atoms with Crippen LogP contribution in [0.2, 0.25) is 0 Å². The van der Waals surface area contributed by atoms with Crippen LogP contribution in [-0.2, 0) is 14.4 Å².